The second-order valence-electron chi connectivity index (χ2n) is 1.90. The predicted molar refractivity (Wildman–Crippen MR) is 37.7 cm³/mol. The molecule has 4 heteroatoms. The van der Waals surface area contributed by atoms with Crippen molar-refractivity contribution in [1.82, 2.24) is 0 Å². The second kappa shape index (κ2) is 2.38. The lowest BCUT2D eigenvalue weighted by atomic mass is 10.3. The molecule has 1 rings (SSSR count). The lowest BCUT2D eigenvalue weighted by Crippen LogP contribution is -1.91. The van der Waals surface area contributed by atoms with E-state index in [0.717, 1.165) is 5.56 Å². The highest BCUT2D eigenvalue weighted by Crippen LogP contribution is 2.17. The van der Waals surface area contributed by atoms with Crippen LogP contribution in [0.25, 0.3) is 0 Å². The normalized spacial score (nSPS) is 9.80. The Balaban J connectivity index is 3.10. The van der Waals surface area contributed by atoms with Gasteiger partial charge in [0.25, 0.3) is 0 Å². The van der Waals surface area contributed by atoms with Gasteiger partial charge in [0.1, 0.15) is 0 Å². The number of aryl methyl sites for hydroxylation is 1. The van der Waals surface area contributed by atoms with Crippen molar-refractivity contribution in [1.29, 1.82) is 0 Å². The summed E-state index contributed by atoms with van der Waals surface area (Å²) in [6.45, 7) is 1.73. The summed E-state index contributed by atoms with van der Waals surface area (Å²) in [5.41, 5.74) is 0.737. The van der Waals surface area contributed by atoms with Crippen LogP contribution in [0.2, 0.25) is 0 Å². The average Bonchev–Trinajstić information content (AvgIpc) is 2.13. The van der Waals surface area contributed by atoms with Crippen LogP contribution in [-0.4, -0.2) is 11.1 Å². The van der Waals surface area contributed by atoms with Crippen LogP contribution in [-0.2, 0) is 0 Å². The van der Waals surface area contributed by atoms with Gasteiger partial charge < -0.3 is 9.52 Å². The summed E-state index contributed by atoms with van der Waals surface area (Å²) in [5, 5.41) is 8.75. The Morgan fingerprint density at radius 3 is 2.60 bits per heavy atom. The molecule has 0 spiro atoms. The molecule has 0 atom stereocenters. The van der Waals surface area contributed by atoms with E-state index in [9.17, 15) is 4.79 Å². The summed E-state index contributed by atoms with van der Waals surface area (Å²) in [5.74, 6) is -1.13. The fourth-order valence-electron chi connectivity index (χ4n) is 0.578. The maximum Gasteiger partial charge on any atom is 0.371 e. The molecule has 0 aliphatic carbocycles. The van der Waals surface area contributed by atoms with Gasteiger partial charge in [-0.2, -0.15) is 0 Å². The molecule has 54 valence electrons. The molecule has 1 aromatic rings. The highest BCUT2D eigenvalue weighted by molar-refractivity contribution is 7.80. The summed E-state index contributed by atoms with van der Waals surface area (Å²) < 4.78 is 4.74. The lowest BCUT2D eigenvalue weighted by molar-refractivity contribution is 0.0656. The standard InChI is InChI=1S/C6H6O3S/c1-3-2-4(5(7)8)9-6(3)10/h2,10H,1H3,(H,7,8). The minimum absolute atomic E-state index is 0.0671. The van der Waals surface area contributed by atoms with E-state index in [0.29, 0.717) is 5.09 Å². The van der Waals surface area contributed by atoms with Crippen LogP contribution in [0.1, 0.15) is 16.1 Å². The third-order valence-electron chi connectivity index (χ3n) is 1.10. The van der Waals surface area contributed by atoms with Gasteiger partial charge in [0.15, 0.2) is 5.09 Å². The molecule has 10 heavy (non-hydrogen) atoms. The largest absolute Gasteiger partial charge is 0.475 e. The zero-order valence-electron chi connectivity index (χ0n) is 5.29. The first-order valence-electron chi connectivity index (χ1n) is 2.64. The summed E-state index contributed by atoms with van der Waals surface area (Å²) in [4.78, 5) is 10.2. The van der Waals surface area contributed by atoms with E-state index in [1.165, 1.54) is 6.07 Å². The molecule has 0 aliphatic heterocycles. The summed E-state index contributed by atoms with van der Waals surface area (Å²) in [6.07, 6.45) is 0. The quantitative estimate of drug-likeness (QED) is 0.610. The summed E-state index contributed by atoms with van der Waals surface area (Å²) in [7, 11) is 0. The SMILES string of the molecule is Cc1cc(C(=O)O)oc1S. The highest BCUT2D eigenvalue weighted by atomic mass is 32.1. The first-order chi connectivity index (χ1) is 4.61. The van der Waals surface area contributed by atoms with E-state index in [1.54, 1.807) is 6.92 Å². The number of thiol groups is 1. The van der Waals surface area contributed by atoms with Gasteiger partial charge in [0.2, 0.25) is 5.76 Å². The Kier molecular flexibility index (Phi) is 1.72. The maximum absolute atomic E-state index is 10.2. The van der Waals surface area contributed by atoms with E-state index in [2.05, 4.69) is 12.6 Å². The van der Waals surface area contributed by atoms with Crippen molar-refractivity contribution in [3.63, 3.8) is 0 Å². The van der Waals surface area contributed by atoms with Gasteiger partial charge in [0, 0.05) is 5.56 Å². The molecule has 0 aliphatic rings. The zero-order valence-corrected chi connectivity index (χ0v) is 6.18. The minimum atomic E-state index is -1.07. The third-order valence-corrected chi connectivity index (χ3v) is 1.55. The summed E-state index contributed by atoms with van der Waals surface area (Å²) >= 11 is 3.88. The Hall–Kier alpha value is -0.900. The number of hydrogen-bond acceptors (Lipinski definition) is 3. The molecule has 1 N–H and O–H groups in total. The number of carbonyl (C=O) groups is 1. The monoisotopic (exact) mass is 158 g/mol. The van der Waals surface area contributed by atoms with Gasteiger partial charge in [-0.15, -0.1) is 12.6 Å². The maximum atomic E-state index is 10.2. The van der Waals surface area contributed by atoms with Crippen LogP contribution in [0.3, 0.4) is 0 Å². The molecule has 0 radical (unpaired) electrons. The number of hydrogen-bond donors (Lipinski definition) is 2. The molecule has 0 saturated heterocycles. The topological polar surface area (TPSA) is 50.4 Å². The molecule has 0 amide bonds. The molecular formula is C6H6O3S. The molecular weight excluding hydrogens is 152 g/mol. The van der Waals surface area contributed by atoms with E-state index < -0.39 is 5.97 Å². The van der Waals surface area contributed by atoms with Gasteiger partial charge in [0.05, 0.1) is 0 Å². The van der Waals surface area contributed by atoms with Crippen molar-refractivity contribution in [3.8, 4) is 0 Å². The van der Waals surface area contributed by atoms with Crippen LogP contribution < -0.4 is 0 Å². The zero-order chi connectivity index (χ0) is 7.72. The highest BCUT2D eigenvalue weighted by Gasteiger charge is 2.09. The number of aromatic carboxylic acids is 1. The Labute approximate surface area is 63.1 Å². The first-order valence-corrected chi connectivity index (χ1v) is 3.08. The van der Waals surface area contributed by atoms with Crippen molar-refractivity contribution in [3.05, 3.63) is 17.4 Å². The van der Waals surface area contributed by atoms with Crippen LogP contribution in [0.5, 0.6) is 0 Å². The Morgan fingerprint density at radius 2 is 2.40 bits per heavy atom. The van der Waals surface area contributed by atoms with Gasteiger partial charge in [-0.25, -0.2) is 4.79 Å². The molecule has 0 unspecified atom stereocenters. The van der Waals surface area contributed by atoms with Crippen LogP contribution in [0, 0.1) is 6.92 Å². The van der Waals surface area contributed by atoms with Crippen molar-refractivity contribution in [2.45, 2.75) is 12.0 Å². The van der Waals surface area contributed by atoms with Crippen molar-refractivity contribution in [2.24, 2.45) is 0 Å². The predicted octanol–water partition coefficient (Wildman–Crippen LogP) is 1.57. The second-order valence-corrected chi connectivity index (χ2v) is 2.31. The molecule has 0 bridgehead atoms. The van der Waals surface area contributed by atoms with Crippen LogP contribution in [0.4, 0.5) is 0 Å². The van der Waals surface area contributed by atoms with Gasteiger partial charge in [-0.1, -0.05) is 0 Å². The molecule has 1 aromatic heterocycles. The number of rotatable bonds is 1. The van der Waals surface area contributed by atoms with Crippen LogP contribution >= 0.6 is 12.6 Å². The van der Waals surface area contributed by atoms with Gasteiger partial charge >= 0.3 is 5.97 Å². The van der Waals surface area contributed by atoms with Gasteiger partial charge in [-0.05, 0) is 13.0 Å². The molecule has 0 aromatic carbocycles. The number of furan rings is 1. The Bertz CT molecular complexity index is 244. The van der Waals surface area contributed by atoms with Crippen molar-refractivity contribution < 1.29 is 14.3 Å². The van der Waals surface area contributed by atoms with Crippen molar-refractivity contribution >= 4 is 18.6 Å². The summed E-state index contributed by atoms with van der Waals surface area (Å²) in [6, 6.07) is 1.44. The lowest BCUT2D eigenvalue weighted by Gasteiger charge is -1.82. The third kappa shape index (κ3) is 1.16. The van der Waals surface area contributed by atoms with E-state index in [1.807, 2.05) is 0 Å². The van der Waals surface area contributed by atoms with E-state index >= 15 is 0 Å². The van der Waals surface area contributed by atoms with Crippen LogP contribution in [0.15, 0.2) is 15.6 Å². The fraction of sp³-hybridized carbons (Fsp3) is 0.167. The molecule has 0 saturated carbocycles. The van der Waals surface area contributed by atoms with E-state index in [4.69, 9.17) is 9.52 Å². The fourth-order valence-corrected chi connectivity index (χ4v) is 0.741. The number of carboxylic acid groups (broad SMARTS) is 1. The van der Waals surface area contributed by atoms with E-state index in [-0.39, 0.29) is 5.76 Å². The smallest absolute Gasteiger partial charge is 0.371 e. The minimum Gasteiger partial charge on any atom is -0.475 e. The van der Waals surface area contributed by atoms with Gasteiger partial charge in [-0.3, -0.25) is 0 Å². The molecule has 0 fully saturated rings. The first kappa shape index (κ1) is 7.21. The average molecular weight is 158 g/mol. The number of carboxylic acids is 1. The molecule has 3 nitrogen and oxygen atoms in total. The molecule has 1 heterocycles. The van der Waals surface area contributed by atoms with Crippen molar-refractivity contribution in [2.75, 3.05) is 0 Å². The Morgan fingerprint density at radius 1 is 1.80 bits per heavy atom.